The van der Waals surface area contributed by atoms with E-state index in [1.165, 1.54) is 0 Å². The molecule has 0 unspecified atom stereocenters. The molecule has 0 saturated heterocycles. The highest BCUT2D eigenvalue weighted by atomic mass is 15.2. The molecule has 13 heavy (non-hydrogen) atoms. The van der Waals surface area contributed by atoms with E-state index in [1.807, 2.05) is 10.8 Å². The standard InChI is InChI=1S/C8H11N5/c1-2-13-4-7(10-5-13)6-3-8(9)12-11-6/h3-5H,2H2,1H3,(H3,9,11,12). The molecule has 2 aromatic heterocycles. The predicted molar refractivity (Wildman–Crippen MR) is 49.9 cm³/mol. The van der Waals surface area contributed by atoms with Crippen LogP contribution in [-0.2, 0) is 6.54 Å². The summed E-state index contributed by atoms with van der Waals surface area (Å²) in [5.41, 5.74) is 7.20. The van der Waals surface area contributed by atoms with Gasteiger partial charge in [0.05, 0.1) is 12.0 Å². The number of aromatic nitrogens is 4. The van der Waals surface area contributed by atoms with Gasteiger partial charge in [0.25, 0.3) is 0 Å². The van der Waals surface area contributed by atoms with E-state index in [2.05, 4.69) is 22.1 Å². The zero-order chi connectivity index (χ0) is 9.26. The number of nitrogens with two attached hydrogens (primary N) is 1. The predicted octanol–water partition coefficient (Wildman–Crippen LogP) is 0.875. The zero-order valence-corrected chi connectivity index (χ0v) is 7.36. The Bertz CT molecular complexity index is 400. The number of hydrogen-bond acceptors (Lipinski definition) is 3. The molecule has 0 aliphatic carbocycles. The lowest BCUT2D eigenvalue weighted by molar-refractivity contribution is 0.761. The third kappa shape index (κ3) is 1.40. The molecular weight excluding hydrogens is 166 g/mol. The summed E-state index contributed by atoms with van der Waals surface area (Å²) in [5, 5.41) is 6.64. The average molecular weight is 177 g/mol. The van der Waals surface area contributed by atoms with Crippen molar-refractivity contribution in [1.29, 1.82) is 0 Å². The Labute approximate surface area is 75.6 Å². The van der Waals surface area contributed by atoms with Crippen molar-refractivity contribution < 1.29 is 0 Å². The van der Waals surface area contributed by atoms with Crippen LogP contribution in [0.4, 0.5) is 5.82 Å². The quantitative estimate of drug-likeness (QED) is 0.715. The number of aryl methyl sites for hydroxylation is 1. The van der Waals surface area contributed by atoms with Gasteiger partial charge in [-0.2, -0.15) is 5.10 Å². The van der Waals surface area contributed by atoms with Gasteiger partial charge in [-0.25, -0.2) is 4.98 Å². The van der Waals surface area contributed by atoms with Crippen molar-refractivity contribution >= 4 is 5.82 Å². The van der Waals surface area contributed by atoms with E-state index in [0.29, 0.717) is 5.82 Å². The summed E-state index contributed by atoms with van der Waals surface area (Å²) in [6.45, 7) is 2.98. The fourth-order valence-corrected chi connectivity index (χ4v) is 1.14. The van der Waals surface area contributed by atoms with Crippen LogP contribution in [0.15, 0.2) is 18.6 Å². The van der Waals surface area contributed by atoms with E-state index < -0.39 is 0 Å². The molecule has 2 heterocycles. The lowest BCUT2D eigenvalue weighted by Crippen LogP contribution is -1.86. The first-order valence-corrected chi connectivity index (χ1v) is 4.12. The molecule has 0 radical (unpaired) electrons. The van der Waals surface area contributed by atoms with Crippen molar-refractivity contribution in [1.82, 2.24) is 19.7 Å². The van der Waals surface area contributed by atoms with Gasteiger partial charge in [0, 0.05) is 18.8 Å². The molecule has 0 bridgehead atoms. The number of nitrogens with one attached hydrogen (secondary N) is 1. The van der Waals surface area contributed by atoms with Crippen molar-refractivity contribution in [2.24, 2.45) is 0 Å². The van der Waals surface area contributed by atoms with E-state index in [9.17, 15) is 0 Å². The Balaban J connectivity index is 2.35. The van der Waals surface area contributed by atoms with Crippen LogP contribution >= 0.6 is 0 Å². The highest BCUT2D eigenvalue weighted by Gasteiger charge is 2.03. The summed E-state index contributed by atoms with van der Waals surface area (Å²) in [4.78, 5) is 4.21. The van der Waals surface area contributed by atoms with Crippen LogP contribution in [0.2, 0.25) is 0 Å². The monoisotopic (exact) mass is 177 g/mol. The highest BCUT2D eigenvalue weighted by Crippen LogP contribution is 2.15. The van der Waals surface area contributed by atoms with Gasteiger partial charge in [0.1, 0.15) is 11.5 Å². The van der Waals surface area contributed by atoms with Crippen molar-refractivity contribution in [3.05, 3.63) is 18.6 Å². The molecule has 2 aromatic rings. The molecule has 0 aliphatic heterocycles. The summed E-state index contributed by atoms with van der Waals surface area (Å²) < 4.78 is 1.99. The van der Waals surface area contributed by atoms with Gasteiger partial charge in [-0.15, -0.1) is 0 Å². The summed E-state index contributed by atoms with van der Waals surface area (Å²) in [6.07, 6.45) is 3.74. The van der Waals surface area contributed by atoms with E-state index in [-0.39, 0.29) is 0 Å². The molecule has 0 fully saturated rings. The Morgan fingerprint density at radius 3 is 3.00 bits per heavy atom. The first-order valence-electron chi connectivity index (χ1n) is 4.12. The third-order valence-corrected chi connectivity index (χ3v) is 1.87. The summed E-state index contributed by atoms with van der Waals surface area (Å²) in [6, 6.07) is 1.77. The Hall–Kier alpha value is -1.78. The van der Waals surface area contributed by atoms with Crippen LogP contribution in [0.5, 0.6) is 0 Å². The number of nitrogens with zero attached hydrogens (tertiary/aromatic N) is 3. The Morgan fingerprint density at radius 1 is 1.62 bits per heavy atom. The maximum atomic E-state index is 5.48. The molecule has 0 aliphatic rings. The molecule has 5 nitrogen and oxygen atoms in total. The van der Waals surface area contributed by atoms with Crippen LogP contribution in [-0.4, -0.2) is 19.7 Å². The van der Waals surface area contributed by atoms with Crippen LogP contribution in [0.3, 0.4) is 0 Å². The van der Waals surface area contributed by atoms with Crippen LogP contribution in [0.1, 0.15) is 6.92 Å². The summed E-state index contributed by atoms with van der Waals surface area (Å²) in [5.74, 6) is 0.487. The second-order valence-electron chi connectivity index (χ2n) is 2.80. The number of nitrogen functional groups attached to an aromatic ring is 1. The number of hydrogen-bond donors (Lipinski definition) is 2. The number of rotatable bonds is 2. The van der Waals surface area contributed by atoms with E-state index >= 15 is 0 Å². The van der Waals surface area contributed by atoms with Crippen molar-refractivity contribution in [3.63, 3.8) is 0 Å². The van der Waals surface area contributed by atoms with E-state index in [1.54, 1.807) is 12.4 Å². The van der Waals surface area contributed by atoms with Crippen LogP contribution in [0, 0.1) is 0 Å². The number of imidazole rings is 1. The molecular formula is C8H11N5. The molecule has 0 amide bonds. The van der Waals surface area contributed by atoms with Crippen molar-refractivity contribution in [2.75, 3.05) is 5.73 Å². The third-order valence-electron chi connectivity index (χ3n) is 1.87. The van der Waals surface area contributed by atoms with Gasteiger partial charge in [0.2, 0.25) is 0 Å². The normalized spacial score (nSPS) is 10.5. The molecule has 5 heteroatoms. The molecule has 0 spiro atoms. The van der Waals surface area contributed by atoms with Gasteiger partial charge in [-0.05, 0) is 6.92 Å². The zero-order valence-electron chi connectivity index (χ0n) is 7.36. The van der Waals surface area contributed by atoms with Gasteiger partial charge >= 0.3 is 0 Å². The van der Waals surface area contributed by atoms with Crippen LogP contribution in [0.25, 0.3) is 11.4 Å². The molecule has 0 aromatic carbocycles. The second-order valence-corrected chi connectivity index (χ2v) is 2.80. The molecule has 0 saturated carbocycles. The first-order chi connectivity index (χ1) is 6.29. The van der Waals surface area contributed by atoms with E-state index in [4.69, 9.17) is 5.73 Å². The maximum Gasteiger partial charge on any atom is 0.145 e. The first kappa shape index (κ1) is 7.85. The molecule has 2 rings (SSSR count). The fraction of sp³-hybridized carbons (Fsp3) is 0.250. The SMILES string of the molecule is CCn1cnc(-c2cc(N)n[nH]2)c1. The fourth-order valence-electron chi connectivity index (χ4n) is 1.14. The van der Waals surface area contributed by atoms with Gasteiger partial charge in [0.15, 0.2) is 0 Å². The van der Waals surface area contributed by atoms with Gasteiger partial charge in [-0.1, -0.05) is 0 Å². The highest BCUT2D eigenvalue weighted by molar-refractivity contribution is 5.56. The van der Waals surface area contributed by atoms with Gasteiger partial charge < -0.3 is 10.3 Å². The van der Waals surface area contributed by atoms with E-state index in [0.717, 1.165) is 17.9 Å². The lowest BCUT2D eigenvalue weighted by atomic mass is 10.3. The minimum Gasteiger partial charge on any atom is -0.382 e. The molecule has 0 atom stereocenters. The topological polar surface area (TPSA) is 72.5 Å². The smallest absolute Gasteiger partial charge is 0.145 e. The second kappa shape index (κ2) is 2.93. The Kier molecular flexibility index (Phi) is 1.77. The minimum atomic E-state index is 0.487. The Morgan fingerprint density at radius 2 is 2.46 bits per heavy atom. The summed E-state index contributed by atoms with van der Waals surface area (Å²) >= 11 is 0. The average Bonchev–Trinajstić information content (AvgIpc) is 2.71. The maximum absolute atomic E-state index is 5.48. The minimum absolute atomic E-state index is 0.487. The van der Waals surface area contributed by atoms with Gasteiger partial charge in [-0.3, -0.25) is 5.10 Å². The van der Waals surface area contributed by atoms with Crippen molar-refractivity contribution in [3.8, 4) is 11.4 Å². The van der Waals surface area contributed by atoms with Crippen molar-refractivity contribution in [2.45, 2.75) is 13.5 Å². The summed E-state index contributed by atoms with van der Waals surface area (Å²) in [7, 11) is 0. The molecule has 68 valence electrons. The lowest BCUT2D eigenvalue weighted by Gasteiger charge is -1.90. The number of H-pyrrole nitrogens is 1. The van der Waals surface area contributed by atoms with Crippen LogP contribution < -0.4 is 5.73 Å². The largest absolute Gasteiger partial charge is 0.382 e. The number of aromatic amines is 1. The number of anilines is 1. The molecule has 3 N–H and O–H groups in total.